The SMILES string of the molecule is CCC(C)CN(C)C(=O)C1COCC1N. The summed E-state index contributed by atoms with van der Waals surface area (Å²) in [7, 11) is 1.85. The Bertz CT molecular complexity index is 221. The maximum absolute atomic E-state index is 12.0. The van der Waals surface area contributed by atoms with Crippen molar-refractivity contribution in [2.75, 3.05) is 26.8 Å². The van der Waals surface area contributed by atoms with Gasteiger partial charge in [0.15, 0.2) is 0 Å². The largest absolute Gasteiger partial charge is 0.379 e. The number of hydrogen-bond acceptors (Lipinski definition) is 3. The highest BCUT2D eigenvalue weighted by Crippen LogP contribution is 2.15. The summed E-state index contributed by atoms with van der Waals surface area (Å²) in [6.07, 6.45) is 1.09. The summed E-state index contributed by atoms with van der Waals surface area (Å²) >= 11 is 0. The van der Waals surface area contributed by atoms with Crippen LogP contribution < -0.4 is 5.73 Å². The number of nitrogens with zero attached hydrogens (tertiary/aromatic N) is 1. The van der Waals surface area contributed by atoms with Gasteiger partial charge in [-0.1, -0.05) is 20.3 Å². The van der Waals surface area contributed by atoms with E-state index in [-0.39, 0.29) is 17.9 Å². The minimum Gasteiger partial charge on any atom is -0.379 e. The van der Waals surface area contributed by atoms with Crippen molar-refractivity contribution in [3.05, 3.63) is 0 Å². The first kappa shape index (κ1) is 12.5. The molecule has 4 heteroatoms. The van der Waals surface area contributed by atoms with Gasteiger partial charge in [-0.05, 0) is 5.92 Å². The molecule has 1 fully saturated rings. The minimum absolute atomic E-state index is 0.125. The second-order valence-electron chi connectivity index (χ2n) is 4.54. The van der Waals surface area contributed by atoms with Gasteiger partial charge in [0.05, 0.1) is 19.1 Å². The quantitative estimate of drug-likeness (QED) is 0.740. The van der Waals surface area contributed by atoms with E-state index in [9.17, 15) is 4.79 Å². The maximum Gasteiger partial charge on any atom is 0.229 e. The molecule has 3 unspecified atom stereocenters. The third kappa shape index (κ3) is 3.18. The maximum atomic E-state index is 12.0. The highest BCUT2D eigenvalue weighted by atomic mass is 16.5. The van der Waals surface area contributed by atoms with Gasteiger partial charge >= 0.3 is 0 Å². The average molecular weight is 214 g/mol. The van der Waals surface area contributed by atoms with Gasteiger partial charge in [0, 0.05) is 19.6 Å². The molecule has 0 bridgehead atoms. The number of amides is 1. The Labute approximate surface area is 91.8 Å². The molecule has 2 N–H and O–H groups in total. The lowest BCUT2D eigenvalue weighted by Crippen LogP contribution is -2.43. The molecule has 88 valence electrons. The van der Waals surface area contributed by atoms with E-state index >= 15 is 0 Å². The first-order chi connectivity index (χ1) is 7.06. The summed E-state index contributed by atoms with van der Waals surface area (Å²) in [4.78, 5) is 13.8. The van der Waals surface area contributed by atoms with Crippen molar-refractivity contribution in [3.8, 4) is 0 Å². The molecule has 15 heavy (non-hydrogen) atoms. The van der Waals surface area contributed by atoms with Crippen LogP contribution in [0.3, 0.4) is 0 Å². The van der Waals surface area contributed by atoms with Crippen LogP contribution >= 0.6 is 0 Å². The Kier molecular flexibility index (Phi) is 4.54. The fourth-order valence-electron chi connectivity index (χ4n) is 1.79. The van der Waals surface area contributed by atoms with E-state index in [2.05, 4.69) is 13.8 Å². The lowest BCUT2D eigenvalue weighted by atomic mass is 10.0. The van der Waals surface area contributed by atoms with Crippen LogP contribution in [0.25, 0.3) is 0 Å². The number of ether oxygens (including phenoxy) is 1. The predicted octanol–water partition coefficient (Wildman–Crippen LogP) is 0.465. The topological polar surface area (TPSA) is 55.6 Å². The molecule has 0 aromatic heterocycles. The van der Waals surface area contributed by atoms with E-state index in [1.54, 1.807) is 4.90 Å². The lowest BCUT2D eigenvalue weighted by Gasteiger charge is -2.24. The third-order valence-corrected chi connectivity index (χ3v) is 3.10. The second-order valence-corrected chi connectivity index (χ2v) is 4.54. The van der Waals surface area contributed by atoms with Crippen molar-refractivity contribution in [2.24, 2.45) is 17.6 Å². The zero-order valence-corrected chi connectivity index (χ0v) is 9.90. The van der Waals surface area contributed by atoms with Gasteiger partial charge in [-0.15, -0.1) is 0 Å². The fourth-order valence-corrected chi connectivity index (χ4v) is 1.79. The molecule has 0 radical (unpaired) electrons. The van der Waals surface area contributed by atoms with Gasteiger partial charge in [0.2, 0.25) is 5.91 Å². The molecule has 0 aromatic rings. The molecule has 1 rings (SSSR count). The molecule has 3 atom stereocenters. The molecule has 0 aromatic carbocycles. The molecular formula is C11H22N2O2. The predicted molar refractivity (Wildman–Crippen MR) is 59.4 cm³/mol. The van der Waals surface area contributed by atoms with Crippen molar-refractivity contribution in [2.45, 2.75) is 26.3 Å². The zero-order chi connectivity index (χ0) is 11.4. The first-order valence-corrected chi connectivity index (χ1v) is 5.64. The molecule has 0 spiro atoms. The van der Waals surface area contributed by atoms with E-state index in [0.29, 0.717) is 19.1 Å². The fraction of sp³-hybridized carbons (Fsp3) is 0.909. The summed E-state index contributed by atoms with van der Waals surface area (Å²) < 4.78 is 5.20. The molecular weight excluding hydrogens is 192 g/mol. The van der Waals surface area contributed by atoms with Crippen LogP contribution in [-0.4, -0.2) is 43.7 Å². The molecule has 0 saturated carbocycles. The summed E-state index contributed by atoms with van der Waals surface area (Å²) in [6.45, 7) is 6.07. The van der Waals surface area contributed by atoms with Crippen molar-refractivity contribution in [1.82, 2.24) is 4.90 Å². The van der Waals surface area contributed by atoms with Crippen LogP contribution in [0.2, 0.25) is 0 Å². The Morgan fingerprint density at radius 2 is 2.27 bits per heavy atom. The molecule has 0 aliphatic carbocycles. The van der Waals surface area contributed by atoms with Crippen LogP contribution in [0.15, 0.2) is 0 Å². The molecule has 1 amide bonds. The van der Waals surface area contributed by atoms with E-state index in [1.807, 2.05) is 7.05 Å². The van der Waals surface area contributed by atoms with E-state index < -0.39 is 0 Å². The third-order valence-electron chi connectivity index (χ3n) is 3.10. The number of carbonyl (C=O) groups is 1. The number of nitrogens with two attached hydrogens (primary N) is 1. The molecule has 1 saturated heterocycles. The van der Waals surface area contributed by atoms with Gasteiger partial charge in [-0.2, -0.15) is 0 Å². The van der Waals surface area contributed by atoms with Gasteiger partial charge in [0.1, 0.15) is 0 Å². The highest BCUT2D eigenvalue weighted by molar-refractivity contribution is 5.79. The van der Waals surface area contributed by atoms with E-state index in [4.69, 9.17) is 10.5 Å². The minimum atomic E-state index is -0.140. The lowest BCUT2D eigenvalue weighted by molar-refractivity contribution is -0.135. The van der Waals surface area contributed by atoms with Crippen molar-refractivity contribution >= 4 is 5.91 Å². The van der Waals surface area contributed by atoms with Crippen molar-refractivity contribution < 1.29 is 9.53 Å². The van der Waals surface area contributed by atoms with E-state index in [1.165, 1.54) is 0 Å². The Morgan fingerprint density at radius 1 is 1.60 bits per heavy atom. The van der Waals surface area contributed by atoms with Crippen LogP contribution in [0.1, 0.15) is 20.3 Å². The van der Waals surface area contributed by atoms with Crippen molar-refractivity contribution in [1.29, 1.82) is 0 Å². The van der Waals surface area contributed by atoms with Gasteiger partial charge in [-0.25, -0.2) is 0 Å². The second kappa shape index (κ2) is 5.47. The normalized spacial score (nSPS) is 27.7. The summed E-state index contributed by atoms with van der Waals surface area (Å²) in [6, 6.07) is -0.128. The molecule has 1 aliphatic rings. The standard InChI is InChI=1S/C11H22N2O2/c1-4-8(2)5-13(3)11(14)9-6-15-7-10(9)12/h8-10H,4-7,12H2,1-3H3. The first-order valence-electron chi connectivity index (χ1n) is 5.64. The highest BCUT2D eigenvalue weighted by Gasteiger charge is 2.33. The van der Waals surface area contributed by atoms with Gasteiger partial charge < -0.3 is 15.4 Å². The molecule has 1 aliphatic heterocycles. The summed E-state index contributed by atoms with van der Waals surface area (Å²) in [5.41, 5.74) is 5.81. The monoisotopic (exact) mass is 214 g/mol. The Hall–Kier alpha value is -0.610. The Balaban J connectivity index is 2.45. The van der Waals surface area contributed by atoms with Crippen LogP contribution in [0.4, 0.5) is 0 Å². The van der Waals surface area contributed by atoms with Crippen LogP contribution in [0, 0.1) is 11.8 Å². The number of rotatable bonds is 4. The molecule has 4 nitrogen and oxygen atoms in total. The summed E-state index contributed by atoms with van der Waals surface area (Å²) in [5.74, 6) is 0.525. The summed E-state index contributed by atoms with van der Waals surface area (Å²) in [5, 5.41) is 0. The van der Waals surface area contributed by atoms with E-state index in [0.717, 1.165) is 13.0 Å². The Morgan fingerprint density at radius 3 is 2.73 bits per heavy atom. The number of hydrogen-bond donors (Lipinski definition) is 1. The van der Waals surface area contributed by atoms with Gasteiger partial charge in [0.25, 0.3) is 0 Å². The van der Waals surface area contributed by atoms with Crippen molar-refractivity contribution in [3.63, 3.8) is 0 Å². The van der Waals surface area contributed by atoms with Gasteiger partial charge in [-0.3, -0.25) is 4.79 Å². The number of carbonyl (C=O) groups excluding carboxylic acids is 1. The van der Waals surface area contributed by atoms with Crippen LogP contribution in [0.5, 0.6) is 0 Å². The zero-order valence-electron chi connectivity index (χ0n) is 9.90. The smallest absolute Gasteiger partial charge is 0.229 e. The average Bonchev–Trinajstić information content (AvgIpc) is 2.63. The van der Waals surface area contributed by atoms with Crippen LogP contribution in [-0.2, 0) is 9.53 Å². The molecule has 1 heterocycles.